The Bertz CT molecular complexity index is 2910. The number of sulfonamides is 2. The molecule has 0 saturated carbocycles. The largest absolute Gasteiger partial charge is 1.00 e. The average molecular weight is 1140 g/mol. The third kappa shape index (κ3) is 17.8. The van der Waals surface area contributed by atoms with Crippen molar-refractivity contribution in [3.63, 3.8) is 0 Å². The normalized spacial score (nSPS) is 16.4. The fraction of sp³-hybridized carbons (Fsp3) is 0.341. The molecule has 0 aromatic heterocycles. The number of carbonyl (C=O) groups excluding carboxylic acids is 2. The van der Waals surface area contributed by atoms with E-state index in [9.17, 15) is 49.2 Å². The summed E-state index contributed by atoms with van der Waals surface area (Å²) in [6.07, 6.45) is -6.47. The van der Waals surface area contributed by atoms with E-state index in [0.717, 1.165) is 42.0 Å². The second-order valence-corrected chi connectivity index (χ2v) is 21.1. The predicted octanol–water partition coefficient (Wildman–Crippen LogP) is 3.19. The van der Waals surface area contributed by atoms with Crippen LogP contribution in [0.5, 0.6) is 0 Å². The zero-order valence-corrected chi connectivity index (χ0v) is 43.8. The summed E-state index contributed by atoms with van der Waals surface area (Å²) < 4.78 is 96.8. The number of fused-ring (bicyclic) bond motifs is 2. The number of ether oxygens (including phenoxy) is 2. The molecule has 2 aliphatic heterocycles. The molecule has 4 aromatic carbocycles. The maximum Gasteiger partial charge on any atom is 1.00 e. The number of halogens is 7. The molecular weight excluding hydrogens is 1090 g/mol. The molecule has 0 bridgehead atoms. The van der Waals surface area contributed by atoms with Crippen molar-refractivity contribution < 1.29 is 103 Å². The fourth-order valence-corrected chi connectivity index (χ4v) is 11.1. The number of rotatable bonds is 14. The summed E-state index contributed by atoms with van der Waals surface area (Å²) in [7, 11) is -2.31. The number of carboxylic acid groups (broad SMARTS) is 3. The number of hydrogen-bond donors (Lipinski definition) is 5. The topological polar surface area (TPSA) is 293 Å². The van der Waals surface area contributed by atoms with Crippen LogP contribution in [0.25, 0.3) is 0 Å². The Balaban J connectivity index is 0.000000432. The van der Waals surface area contributed by atoms with Crippen molar-refractivity contribution in [2.45, 2.75) is 65.8 Å². The maximum atomic E-state index is 13.1. The molecule has 2 aliphatic rings. The van der Waals surface area contributed by atoms with E-state index >= 15 is 0 Å². The first-order valence-corrected chi connectivity index (χ1v) is 24.9. The number of hydrogen-bond acceptors (Lipinski definition) is 14. The van der Waals surface area contributed by atoms with Crippen LogP contribution in [0.4, 0.5) is 13.2 Å². The minimum absolute atomic E-state index is 0. The van der Waals surface area contributed by atoms with E-state index in [4.69, 9.17) is 66.5 Å². The van der Waals surface area contributed by atoms with E-state index < -0.39 is 81.0 Å². The summed E-state index contributed by atoms with van der Waals surface area (Å²) in [5.41, 5.74) is 5.10. The van der Waals surface area contributed by atoms with Crippen molar-refractivity contribution >= 4 is 96.3 Å². The number of esters is 2. The average Bonchev–Trinajstić information content (AvgIpc) is 3.28. The molecule has 0 aliphatic carbocycles. The number of methoxy groups -OCH3 is 2. The van der Waals surface area contributed by atoms with Gasteiger partial charge >= 0.3 is 54.9 Å². The number of alkyl halides is 3. The smallest absolute Gasteiger partial charge is 0.870 e. The van der Waals surface area contributed by atoms with Crippen LogP contribution in [0.3, 0.4) is 0 Å². The van der Waals surface area contributed by atoms with Crippen LogP contribution in [0.1, 0.15) is 58.1 Å². The first-order valence-electron chi connectivity index (χ1n) is 20.4. The fourth-order valence-electron chi connectivity index (χ4n) is 7.49. The third-order valence-electron chi connectivity index (χ3n) is 10.7. The number of nitrogens with one attached hydrogen (secondary N) is 2. The summed E-state index contributed by atoms with van der Waals surface area (Å²) in [6.45, 7) is 2.50. The standard InChI is InChI=1S/C22H24Cl2N2O6S.C20H20Cl2N2O6S.C2HF3O2.Li.H2O/c1-26-11-17(16-8-14(23)9-19(24)18(16)12-26)13-5-4-6-15(7-13)33(29,30)25-20(22(28)32-3)10-21(27)31-2;1-24-9-15(14-6-12(21)7-17(22)16(14)10-24)11-3-2-4-13(5-11)31(29,30)23-18(20(27)28)8-19(25)26;3-2(4,5)1(6)7;;/h4-9,17,20,25H,10-12H2,1-3H3;2-7,15,18,23H,8-10H2,1H3,(H,25,26)(H,27,28);(H,6,7);;1H2/q;;;+1;/p-1. The molecule has 73 heavy (non-hydrogen) atoms. The van der Waals surface area contributed by atoms with Gasteiger partial charge in [-0.1, -0.05) is 70.7 Å². The number of carbonyl (C=O) groups is 5. The summed E-state index contributed by atoms with van der Waals surface area (Å²) in [6, 6.07) is 16.3. The van der Waals surface area contributed by atoms with Gasteiger partial charge in [-0.25, -0.2) is 21.6 Å². The number of nitrogens with zero attached hydrogens (tertiary/aromatic N) is 2. The van der Waals surface area contributed by atoms with Crippen LogP contribution in [-0.4, -0.2) is 137 Å². The van der Waals surface area contributed by atoms with Gasteiger partial charge < -0.3 is 40.1 Å². The third-order valence-corrected chi connectivity index (χ3v) is 14.8. The van der Waals surface area contributed by atoms with Crippen molar-refractivity contribution in [1.82, 2.24) is 19.2 Å². The van der Waals surface area contributed by atoms with Crippen molar-refractivity contribution in [1.29, 1.82) is 0 Å². The van der Waals surface area contributed by atoms with E-state index in [-0.39, 0.29) is 46.0 Å². The van der Waals surface area contributed by atoms with Crippen molar-refractivity contribution in [3.05, 3.63) is 126 Å². The van der Waals surface area contributed by atoms with E-state index in [1.165, 1.54) is 24.3 Å². The van der Waals surface area contributed by atoms with Gasteiger partial charge in [-0.3, -0.25) is 19.2 Å². The summed E-state index contributed by atoms with van der Waals surface area (Å²) in [5, 5.41) is 27.2. The van der Waals surface area contributed by atoms with Crippen LogP contribution in [0.15, 0.2) is 82.6 Å². The molecule has 4 atom stereocenters. The molecule has 19 nitrogen and oxygen atoms in total. The number of benzene rings is 4. The van der Waals surface area contributed by atoms with Crippen LogP contribution in [0.2, 0.25) is 20.1 Å². The molecule has 4 aromatic rings. The molecule has 0 amide bonds. The van der Waals surface area contributed by atoms with E-state index in [0.29, 0.717) is 51.8 Å². The molecule has 29 heteroatoms. The van der Waals surface area contributed by atoms with Crippen LogP contribution in [-0.2, 0) is 66.6 Å². The monoisotopic (exact) mass is 1140 g/mol. The number of carboxylic acids is 3. The van der Waals surface area contributed by atoms with Gasteiger partial charge in [0.1, 0.15) is 12.1 Å². The van der Waals surface area contributed by atoms with E-state index in [1.807, 2.05) is 37.0 Å². The first kappa shape index (κ1) is 64.6. The Hall–Kier alpha value is -4.52. The van der Waals surface area contributed by atoms with Gasteiger partial charge in [0.25, 0.3) is 0 Å². The molecule has 6 rings (SSSR count). The van der Waals surface area contributed by atoms with Gasteiger partial charge in [0, 0.05) is 58.1 Å². The molecule has 0 saturated heterocycles. The van der Waals surface area contributed by atoms with Crippen LogP contribution >= 0.6 is 46.4 Å². The van der Waals surface area contributed by atoms with Gasteiger partial charge in [0.2, 0.25) is 20.0 Å². The predicted molar refractivity (Wildman–Crippen MR) is 255 cm³/mol. The van der Waals surface area contributed by atoms with Crippen molar-refractivity contribution in [2.75, 3.05) is 41.4 Å². The van der Waals surface area contributed by atoms with Crippen LogP contribution < -0.4 is 28.3 Å². The van der Waals surface area contributed by atoms with Crippen LogP contribution in [0, 0.1) is 0 Å². The van der Waals surface area contributed by atoms with E-state index in [1.54, 1.807) is 30.3 Å². The number of aliphatic carboxylic acids is 3. The summed E-state index contributed by atoms with van der Waals surface area (Å²) in [5.74, 6) is -7.79. The first-order chi connectivity index (χ1) is 33.0. The second-order valence-electron chi connectivity index (χ2n) is 15.9. The van der Waals surface area contributed by atoms with Crippen molar-refractivity contribution in [3.8, 4) is 0 Å². The molecule has 4 unspecified atom stereocenters. The second kappa shape index (κ2) is 27.3. The summed E-state index contributed by atoms with van der Waals surface area (Å²) >= 11 is 25.2. The maximum absolute atomic E-state index is 13.1. The molecule has 2 heterocycles. The summed E-state index contributed by atoms with van der Waals surface area (Å²) in [4.78, 5) is 58.7. The molecule has 0 spiro atoms. The Labute approximate surface area is 449 Å². The molecule has 0 radical (unpaired) electrons. The minimum Gasteiger partial charge on any atom is -0.870 e. The van der Waals surface area contributed by atoms with Gasteiger partial charge in [-0.15, -0.1) is 0 Å². The molecule has 0 fully saturated rings. The quantitative estimate of drug-likeness (QED) is 0.0895. The van der Waals surface area contributed by atoms with E-state index in [2.05, 4.69) is 24.0 Å². The van der Waals surface area contributed by atoms with Gasteiger partial charge in [0.05, 0.1) is 36.9 Å². The van der Waals surface area contributed by atoms with Gasteiger partial charge in [-0.2, -0.15) is 22.6 Å². The Morgan fingerprint density at radius 3 is 1.42 bits per heavy atom. The van der Waals surface area contributed by atoms with Gasteiger partial charge in [-0.05, 0) is 96.0 Å². The van der Waals surface area contributed by atoms with Crippen molar-refractivity contribution in [2.24, 2.45) is 0 Å². The Kier molecular flexibility index (Phi) is 24.2. The number of likely N-dealkylation sites (N-methyl/N-ethyl adjacent to an activating group) is 2. The zero-order valence-electron chi connectivity index (χ0n) is 39.1. The molecular formula is C44H46Cl4F3LiN4O15S2. The molecule has 394 valence electrons. The Morgan fingerprint density at radius 2 is 1.08 bits per heavy atom. The zero-order chi connectivity index (χ0) is 53.3. The SMILES string of the molecule is CN1Cc2c(Cl)cc(Cl)cc2C(c2cccc(S(=O)(=O)NC(CC(=O)O)C(=O)O)c2)C1.COC(=O)CC(NS(=O)(=O)c1cccc(C2CN(C)Cc3c(Cl)cc(Cl)cc32)c1)C(=O)OC.O=C(O)C(F)(F)F.[Li+].[OH-]. The molecule has 6 N–H and O–H groups in total. The Morgan fingerprint density at radius 1 is 0.685 bits per heavy atom. The van der Waals surface area contributed by atoms with Gasteiger partial charge in [0.15, 0.2) is 0 Å². The minimum atomic E-state index is -5.08.